The van der Waals surface area contributed by atoms with Crippen LogP contribution in [0.15, 0.2) is 10.6 Å². The summed E-state index contributed by atoms with van der Waals surface area (Å²) in [5, 5.41) is 15.5. The Bertz CT molecular complexity index is 379. The van der Waals surface area contributed by atoms with Crippen LogP contribution in [0.25, 0.3) is 0 Å². The highest BCUT2D eigenvalue weighted by Gasteiger charge is 2.26. The molecule has 1 aromatic rings. The van der Waals surface area contributed by atoms with Gasteiger partial charge >= 0.3 is 0 Å². The third-order valence-electron chi connectivity index (χ3n) is 2.63. The number of aryl methyl sites for hydroxylation is 1. The molecule has 0 saturated heterocycles. The number of rotatable bonds is 4. The molecule has 5 heteroatoms. The first-order valence-corrected chi connectivity index (χ1v) is 5.69. The van der Waals surface area contributed by atoms with Gasteiger partial charge in [-0.3, -0.25) is 4.79 Å². The topological polar surface area (TPSA) is 75.4 Å². The van der Waals surface area contributed by atoms with E-state index in [1.807, 2.05) is 20.8 Å². The molecule has 1 amide bonds. The Kier molecular flexibility index (Phi) is 4.28. The van der Waals surface area contributed by atoms with Gasteiger partial charge in [0.05, 0.1) is 0 Å². The summed E-state index contributed by atoms with van der Waals surface area (Å²) in [6.07, 6.45) is 0.520. The molecule has 2 N–H and O–H groups in total. The number of carbonyl (C=O) groups excluding carboxylic acids is 1. The van der Waals surface area contributed by atoms with Crippen molar-refractivity contribution < 1.29 is 14.4 Å². The van der Waals surface area contributed by atoms with Crippen LogP contribution < -0.4 is 5.32 Å². The molecule has 1 atom stereocenters. The summed E-state index contributed by atoms with van der Waals surface area (Å²) in [5.74, 6) is 0.333. The third kappa shape index (κ3) is 3.85. The van der Waals surface area contributed by atoms with E-state index in [2.05, 4.69) is 10.5 Å². The molecule has 1 unspecified atom stereocenters. The smallest absolute Gasteiger partial charge is 0.273 e. The molecule has 0 aliphatic heterocycles. The highest BCUT2D eigenvalue weighted by atomic mass is 16.5. The second-order valence-electron chi connectivity index (χ2n) is 5.23. The maximum atomic E-state index is 11.9. The van der Waals surface area contributed by atoms with Gasteiger partial charge in [-0.2, -0.15) is 0 Å². The number of amides is 1. The quantitative estimate of drug-likeness (QED) is 0.836. The fraction of sp³-hybridized carbons (Fsp3) is 0.667. The van der Waals surface area contributed by atoms with Crippen LogP contribution >= 0.6 is 0 Å². The van der Waals surface area contributed by atoms with Crippen LogP contribution in [-0.2, 0) is 0 Å². The van der Waals surface area contributed by atoms with E-state index in [1.54, 1.807) is 13.0 Å². The molecule has 1 aromatic heterocycles. The molecule has 0 radical (unpaired) electrons. The number of nitrogens with zero attached hydrogens (tertiary/aromatic N) is 1. The fourth-order valence-corrected chi connectivity index (χ4v) is 1.56. The van der Waals surface area contributed by atoms with Gasteiger partial charge in [0.25, 0.3) is 5.91 Å². The Morgan fingerprint density at radius 1 is 1.59 bits per heavy atom. The number of carbonyl (C=O) groups is 1. The van der Waals surface area contributed by atoms with Gasteiger partial charge in [0.15, 0.2) is 5.69 Å². The van der Waals surface area contributed by atoms with Crippen molar-refractivity contribution in [3.8, 4) is 0 Å². The monoisotopic (exact) mass is 240 g/mol. The summed E-state index contributed by atoms with van der Waals surface area (Å²) in [6, 6.07) is 1.49. The van der Waals surface area contributed by atoms with E-state index in [1.165, 1.54) is 0 Å². The average molecular weight is 240 g/mol. The van der Waals surface area contributed by atoms with Gasteiger partial charge < -0.3 is 14.9 Å². The molecule has 96 valence electrons. The van der Waals surface area contributed by atoms with Crippen molar-refractivity contribution in [1.29, 1.82) is 0 Å². The molecule has 1 heterocycles. The largest absolute Gasteiger partial charge is 0.396 e. The second kappa shape index (κ2) is 5.31. The van der Waals surface area contributed by atoms with E-state index in [0.29, 0.717) is 12.2 Å². The van der Waals surface area contributed by atoms with Gasteiger partial charge in [0, 0.05) is 18.7 Å². The lowest BCUT2D eigenvalue weighted by molar-refractivity contribution is 0.0876. The van der Waals surface area contributed by atoms with Crippen LogP contribution in [0.5, 0.6) is 0 Å². The van der Waals surface area contributed by atoms with Crippen LogP contribution in [0.4, 0.5) is 0 Å². The first-order chi connectivity index (χ1) is 7.84. The van der Waals surface area contributed by atoms with Gasteiger partial charge in [-0.1, -0.05) is 25.9 Å². The van der Waals surface area contributed by atoms with Crippen molar-refractivity contribution >= 4 is 5.91 Å². The number of hydrogen-bond donors (Lipinski definition) is 2. The summed E-state index contributed by atoms with van der Waals surface area (Å²) in [5.41, 5.74) is 0.159. The number of aliphatic hydroxyl groups is 1. The number of nitrogens with one attached hydrogen (secondary N) is 1. The normalized spacial score (nSPS) is 13.5. The van der Waals surface area contributed by atoms with Crippen LogP contribution in [0.2, 0.25) is 0 Å². The summed E-state index contributed by atoms with van der Waals surface area (Å²) in [7, 11) is 0. The van der Waals surface area contributed by atoms with Gasteiger partial charge in [0.1, 0.15) is 5.76 Å². The van der Waals surface area contributed by atoms with Gasteiger partial charge in [0.2, 0.25) is 0 Å². The molecule has 17 heavy (non-hydrogen) atoms. The molecule has 5 nitrogen and oxygen atoms in total. The lowest BCUT2D eigenvalue weighted by Crippen LogP contribution is -2.44. The Hall–Kier alpha value is -1.36. The van der Waals surface area contributed by atoms with Crippen molar-refractivity contribution in [1.82, 2.24) is 10.5 Å². The third-order valence-corrected chi connectivity index (χ3v) is 2.63. The molecule has 0 spiro atoms. The van der Waals surface area contributed by atoms with Gasteiger partial charge in [-0.25, -0.2) is 0 Å². The van der Waals surface area contributed by atoms with E-state index in [9.17, 15) is 4.79 Å². The molecule has 0 bridgehead atoms. The van der Waals surface area contributed by atoms with E-state index in [4.69, 9.17) is 9.63 Å². The van der Waals surface area contributed by atoms with Crippen molar-refractivity contribution in [3.05, 3.63) is 17.5 Å². The molecular weight excluding hydrogens is 220 g/mol. The second-order valence-corrected chi connectivity index (χ2v) is 5.23. The minimum Gasteiger partial charge on any atom is -0.396 e. The molecule has 1 rings (SSSR count). The summed E-state index contributed by atoms with van der Waals surface area (Å²) in [6.45, 7) is 7.82. The minimum absolute atomic E-state index is 0.0417. The number of aliphatic hydroxyl groups excluding tert-OH is 1. The number of hydrogen-bond acceptors (Lipinski definition) is 4. The van der Waals surface area contributed by atoms with Gasteiger partial charge in [-0.15, -0.1) is 0 Å². The van der Waals surface area contributed by atoms with Crippen molar-refractivity contribution in [3.63, 3.8) is 0 Å². The zero-order chi connectivity index (χ0) is 13.1. The Labute approximate surface area is 101 Å². The lowest BCUT2D eigenvalue weighted by atomic mass is 9.85. The van der Waals surface area contributed by atoms with Gasteiger partial charge in [-0.05, 0) is 18.8 Å². The molecule has 0 aromatic carbocycles. The zero-order valence-electron chi connectivity index (χ0n) is 10.8. The highest BCUT2D eigenvalue weighted by Crippen LogP contribution is 2.22. The maximum Gasteiger partial charge on any atom is 0.273 e. The Morgan fingerprint density at radius 3 is 2.65 bits per heavy atom. The molecule has 0 aliphatic carbocycles. The molecular formula is C12H20N2O3. The molecule has 0 fully saturated rings. The van der Waals surface area contributed by atoms with Crippen molar-refractivity contribution in [2.45, 2.75) is 40.2 Å². The standard InChI is InChI=1S/C12H20N2O3/c1-8-7-9(14-17-8)11(16)13-10(5-6-15)12(2,3)4/h7,10,15H,5-6H2,1-4H3,(H,13,16). The van der Waals surface area contributed by atoms with Crippen molar-refractivity contribution in [2.24, 2.45) is 5.41 Å². The molecule has 0 aliphatic rings. The predicted octanol–water partition coefficient (Wildman–Crippen LogP) is 1.51. The SMILES string of the molecule is Cc1cc(C(=O)NC(CCO)C(C)(C)C)no1. The van der Waals surface area contributed by atoms with Crippen molar-refractivity contribution in [2.75, 3.05) is 6.61 Å². The first-order valence-electron chi connectivity index (χ1n) is 5.69. The highest BCUT2D eigenvalue weighted by molar-refractivity contribution is 5.92. The lowest BCUT2D eigenvalue weighted by Gasteiger charge is -2.30. The summed E-state index contributed by atoms with van der Waals surface area (Å²) >= 11 is 0. The fourth-order valence-electron chi connectivity index (χ4n) is 1.56. The first kappa shape index (κ1) is 13.7. The van der Waals surface area contributed by atoms with Crippen LogP contribution in [0.3, 0.4) is 0 Å². The van der Waals surface area contributed by atoms with Crippen LogP contribution in [-0.4, -0.2) is 28.8 Å². The Morgan fingerprint density at radius 2 is 2.24 bits per heavy atom. The molecule has 0 saturated carbocycles. The summed E-state index contributed by atoms with van der Waals surface area (Å²) in [4.78, 5) is 11.9. The van der Waals surface area contributed by atoms with Crippen LogP contribution in [0.1, 0.15) is 43.4 Å². The minimum atomic E-state index is -0.268. The van der Waals surface area contributed by atoms with Crippen LogP contribution in [0, 0.1) is 12.3 Å². The average Bonchev–Trinajstić information content (AvgIpc) is 2.62. The maximum absolute atomic E-state index is 11.9. The van der Waals surface area contributed by atoms with E-state index in [-0.39, 0.29) is 29.7 Å². The predicted molar refractivity (Wildman–Crippen MR) is 63.7 cm³/mol. The summed E-state index contributed by atoms with van der Waals surface area (Å²) < 4.78 is 4.85. The Balaban J connectivity index is 2.71. The van der Waals surface area contributed by atoms with E-state index < -0.39 is 0 Å². The number of aromatic nitrogens is 1. The van der Waals surface area contributed by atoms with E-state index >= 15 is 0 Å². The zero-order valence-corrected chi connectivity index (χ0v) is 10.8. The van der Waals surface area contributed by atoms with E-state index in [0.717, 1.165) is 0 Å².